The number of aliphatic hydroxyl groups is 1. The zero-order valence-electron chi connectivity index (χ0n) is 12.8. The summed E-state index contributed by atoms with van der Waals surface area (Å²) in [7, 11) is -1.81. The van der Waals surface area contributed by atoms with Gasteiger partial charge in [-0.1, -0.05) is 41.5 Å². The monoisotopic (exact) mass is 274 g/mol. The minimum atomic E-state index is -1.81. The van der Waals surface area contributed by atoms with Crippen LogP contribution in [0.15, 0.2) is 0 Å². The number of aliphatic hydroxyl groups excluding tert-OH is 1. The van der Waals surface area contributed by atoms with Crippen LogP contribution < -0.4 is 0 Å². The molecule has 3 nitrogen and oxygen atoms in total. The predicted octanol–water partition coefficient (Wildman–Crippen LogP) is 3.68. The van der Waals surface area contributed by atoms with Gasteiger partial charge in [-0.3, -0.25) is 0 Å². The molecule has 1 aliphatic rings. The van der Waals surface area contributed by atoms with Gasteiger partial charge < -0.3 is 14.3 Å². The van der Waals surface area contributed by atoms with E-state index in [-0.39, 0.29) is 6.10 Å². The van der Waals surface area contributed by atoms with Crippen LogP contribution in [0.1, 0.15) is 54.4 Å². The van der Waals surface area contributed by atoms with E-state index in [2.05, 4.69) is 41.5 Å². The standard InChI is InChI=1S/C14H30O3Si/c1-10(2)18(11(3)4,12(5)6)17-13-7-8-16-14(15)9-13/h10-15H,7-9H2,1-6H3/t13-,14-/m0/s1. The van der Waals surface area contributed by atoms with E-state index in [1.807, 2.05) is 0 Å². The van der Waals surface area contributed by atoms with Gasteiger partial charge in [0.1, 0.15) is 0 Å². The summed E-state index contributed by atoms with van der Waals surface area (Å²) in [5.41, 5.74) is 1.78. The molecule has 0 aromatic heterocycles. The third-order valence-electron chi connectivity index (χ3n) is 4.29. The molecule has 1 heterocycles. The Balaban J connectivity index is 2.83. The van der Waals surface area contributed by atoms with E-state index in [1.54, 1.807) is 0 Å². The summed E-state index contributed by atoms with van der Waals surface area (Å²) in [6.45, 7) is 14.4. The molecule has 1 N–H and O–H groups in total. The van der Waals surface area contributed by atoms with Gasteiger partial charge in [-0.25, -0.2) is 0 Å². The van der Waals surface area contributed by atoms with Crippen molar-refractivity contribution < 1.29 is 14.3 Å². The normalized spacial score (nSPS) is 26.3. The summed E-state index contributed by atoms with van der Waals surface area (Å²) < 4.78 is 11.8. The molecule has 0 unspecified atom stereocenters. The minimum Gasteiger partial charge on any atom is -0.413 e. The third-order valence-corrected chi connectivity index (χ3v) is 10.4. The van der Waals surface area contributed by atoms with Crippen molar-refractivity contribution in [2.45, 2.75) is 83.4 Å². The van der Waals surface area contributed by atoms with Gasteiger partial charge >= 0.3 is 0 Å². The minimum absolute atomic E-state index is 0.174. The molecule has 0 aromatic carbocycles. The molecule has 0 radical (unpaired) electrons. The summed E-state index contributed by atoms with van der Waals surface area (Å²) in [5.74, 6) is 0. The van der Waals surface area contributed by atoms with Crippen molar-refractivity contribution in [3.63, 3.8) is 0 Å². The van der Waals surface area contributed by atoms with Crippen molar-refractivity contribution >= 4 is 8.32 Å². The van der Waals surface area contributed by atoms with Crippen molar-refractivity contribution in [3.8, 4) is 0 Å². The molecule has 1 aliphatic heterocycles. The van der Waals surface area contributed by atoms with Crippen LogP contribution in [-0.4, -0.2) is 32.4 Å². The largest absolute Gasteiger partial charge is 0.413 e. The zero-order valence-corrected chi connectivity index (χ0v) is 13.8. The highest BCUT2D eigenvalue weighted by atomic mass is 28.4. The van der Waals surface area contributed by atoms with E-state index < -0.39 is 14.6 Å². The van der Waals surface area contributed by atoms with Crippen LogP contribution in [0.3, 0.4) is 0 Å². The van der Waals surface area contributed by atoms with E-state index in [9.17, 15) is 5.11 Å². The molecule has 1 fully saturated rings. The summed E-state index contributed by atoms with van der Waals surface area (Å²) in [5, 5.41) is 9.61. The first kappa shape index (κ1) is 16.2. The maximum absolute atomic E-state index is 9.61. The fourth-order valence-corrected chi connectivity index (χ4v) is 9.16. The lowest BCUT2D eigenvalue weighted by Crippen LogP contribution is -2.51. The van der Waals surface area contributed by atoms with Crippen LogP contribution in [0.2, 0.25) is 16.6 Å². The van der Waals surface area contributed by atoms with E-state index in [0.29, 0.717) is 29.7 Å². The van der Waals surface area contributed by atoms with E-state index in [4.69, 9.17) is 9.16 Å². The molecule has 1 rings (SSSR count). The second-order valence-electron chi connectivity index (χ2n) is 6.41. The molecule has 4 heteroatoms. The van der Waals surface area contributed by atoms with Crippen LogP contribution in [0.5, 0.6) is 0 Å². The van der Waals surface area contributed by atoms with Gasteiger partial charge in [0.25, 0.3) is 0 Å². The molecule has 0 aromatic rings. The third kappa shape index (κ3) is 3.35. The van der Waals surface area contributed by atoms with E-state index in [1.165, 1.54) is 0 Å². The molecule has 108 valence electrons. The van der Waals surface area contributed by atoms with Gasteiger partial charge in [-0.15, -0.1) is 0 Å². The Morgan fingerprint density at radius 3 is 1.94 bits per heavy atom. The van der Waals surface area contributed by atoms with Gasteiger partial charge in [0.05, 0.1) is 12.7 Å². The second-order valence-corrected chi connectivity index (χ2v) is 11.8. The lowest BCUT2D eigenvalue weighted by molar-refractivity contribution is -0.150. The first-order chi connectivity index (χ1) is 8.30. The van der Waals surface area contributed by atoms with Gasteiger partial charge in [0.15, 0.2) is 6.29 Å². The SMILES string of the molecule is CC(C)[Si](O[C@H]1CCO[C@H](O)C1)(C(C)C)C(C)C. The summed E-state index contributed by atoms with van der Waals surface area (Å²) >= 11 is 0. The number of hydrogen-bond acceptors (Lipinski definition) is 3. The molecule has 2 atom stereocenters. The quantitative estimate of drug-likeness (QED) is 0.777. The average Bonchev–Trinajstić information content (AvgIpc) is 2.24. The molecular formula is C14H30O3Si. The highest BCUT2D eigenvalue weighted by Crippen LogP contribution is 2.43. The Labute approximate surface area is 113 Å². The van der Waals surface area contributed by atoms with Gasteiger partial charge in [-0.05, 0) is 23.0 Å². The van der Waals surface area contributed by atoms with Gasteiger partial charge in [-0.2, -0.15) is 0 Å². The van der Waals surface area contributed by atoms with Crippen molar-refractivity contribution in [2.75, 3.05) is 6.61 Å². The Hall–Kier alpha value is 0.0969. The molecule has 1 saturated heterocycles. The maximum Gasteiger partial charge on any atom is 0.200 e. The van der Waals surface area contributed by atoms with Crippen LogP contribution in [0.4, 0.5) is 0 Å². The summed E-state index contributed by atoms with van der Waals surface area (Å²) in [6.07, 6.45) is 1.08. The van der Waals surface area contributed by atoms with Crippen molar-refractivity contribution in [1.82, 2.24) is 0 Å². The van der Waals surface area contributed by atoms with E-state index in [0.717, 1.165) is 6.42 Å². The number of rotatable bonds is 5. The highest BCUT2D eigenvalue weighted by molar-refractivity contribution is 6.77. The van der Waals surface area contributed by atoms with Crippen molar-refractivity contribution in [3.05, 3.63) is 0 Å². The average molecular weight is 274 g/mol. The molecule has 0 spiro atoms. The van der Waals surface area contributed by atoms with Gasteiger partial charge in [0, 0.05) is 6.42 Å². The molecule has 18 heavy (non-hydrogen) atoms. The first-order valence-corrected chi connectivity index (χ1v) is 9.42. The maximum atomic E-state index is 9.61. The Morgan fingerprint density at radius 1 is 1.06 bits per heavy atom. The lowest BCUT2D eigenvalue weighted by atomic mass is 10.1. The zero-order chi connectivity index (χ0) is 13.9. The van der Waals surface area contributed by atoms with Crippen molar-refractivity contribution in [1.29, 1.82) is 0 Å². The second kappa shape index (κ2) is 6.50. The molecule has 0 amide bonds. The summed E-state index contributed by atoms with van der Waals surface area (Å²) in [4.78, 5) is 0. The topological polar surface area (TPSA) is 38.7 Å². The van der Waals surface area contributed by atoms with Crippen LogP contribution in [0, 0.1) is 0 Å². The Morgan fingerprint density at radius 2 is 1.56 bits per heavy atom. The smallest absolute Gasteiger partial charge is 0.200 e. The fourth-order valence-electron chi connectivity index (χ4n) is 3.55. The number of hydrogen-bond donors (Lipinski definition) is 1. The fraction of sp³-hybridized carbons (Fsp3) is 1.00. The molecular weight excluding hydrogens is 244 g/mol. The van der Waals surface area contributed by atoms with Crippen LogP contribution >= 0.6 is 0 Å². The Bertz CT molecular complexity index is 232. The summed E-state index contributed by atoms with van der Waals surface area (Å²) in [6, 6.07) is 0. The van der Waals surface area contributed by atoms with Gasteiger partial charge in [0.2, 0.25) is 8.32 Å². The molecule has 0 saturated carbocycles. The molecule has 0 aliphatic carbocycles. The van der Waals surface area contributed by atoms with E-state index >= 15 is 0 Å². The number of ether oxygens (including phenoxy) is 1. The predicted molar refractivity (Wildman–Crippen MR) is 77.1 cm³/mol. The Kier molecular flexibility index (Phi) is 5.84. The van der Waals surface area contributed by atoms with Crippen molar-refractivity contribution in [2.24, 2.45) is 0 Å². The first-order valence-electron chi connectivity index (χ1n) is 7.28. The highest BCUT2D eigenvalue weighted by Gasteiger charge is 2.47. The molecule has 0 bridgehead atoms. The van der Waals surface area contributed by atoms with Crippen LogP contribution in [-0.2, 0) is 9.16 Å². The van der Waals surface area contributed by atoms with Crippen LogP contribution in [0.25, 0.3) is 0 Å². The lowest BCUT2D eigenvalue weighted by Gasteiger charge is -2.45.